The Morgan fingerprint density at radius 3 is 2.54 bits per heavy atom. The number of halogens is 1. The fraction of sp³-hybridized carbons (Fsp3) is 0.200. The van der Waals surface area contributed by atoms with Gasteiger partial charge in [-0.2, -0.15) is 0 Å². The summed E-state index contributed by atoms with van der Waals surface area (Å²) < 4.78 is 10.9. The van der Waals surface area contributed by atoms with E-state index in [1.165, 1.54) is 13.2 Å². The number of ether oxygens (including phenoxy) is 1. The SMILES string of the molecule is COc1ccc(C(=O)c2oc3ccccc3c2NC(=O)C(C)C)cc1Cl. The zero-order valence-corrected chi connectivity index (χ0v) is 15.4. The van der Waals surface area contributed by atoms with E-state index >= 15 is 0 Å². The van der Waals surface area contributed by atoms with Gasteiger partial charge in [0.05, 0.1) is 17.8 Å². The third-order valence-corrected chi connectivity index (χ3v) is 4.28. The van der Waals surface area contributed by atoms with Gasteiger partial charge in [0, 0.05) is 16.9 Å². The van der Waals surface area contributed by atoms with Crippen molar-refractivity contribution in [1.29, 1.82) is 0 Å². The van der Waals surface area contributed by atoms with Crippen molar-refractivity contribution >= 4 is 39.9 Å². The number of ketones is 1. The van der Waals surface area contributed by atoms with E-state index < -0.39 is 0 Å². The molecule has 6 heteroatoms. The van der Waals surface area contributed by atoms with Crippen LogP contribution in [0.3, 0.4) is 0 Å². The predicted octanol–water partition coefficient (Wildman–Crippen LogP) is 4.92. The Hall–Kier alpha value is -2.79. The molecule has 0 bridgehead atoms. The molecule has 0 aliphatic carbocycles. The topological polar surface area (TPSA) is 68.5 Å². The summed E-state index contributed by atoms with van der Waals surface area (Å²) in [6.45, 7) is 3.56. The van der Waals surface area contributed by atoms with Gasteiger partial charge in [0.2, 0.25) is 11.7 Å². The monoisotopic (exact) mass is 371 g/mol. The Morgan fingerprint density at radius 1 is 1.15 bits per heavy atom. The fourth-order valence-corrected chi connectivity index (χ4v) is 2.79. The molecule has 0 spiro atoms. The number of rotatable bonds is 5. The number of benzene rings is 2. The lowest BCUT2D eigenvalue weighted by molar-refractivity contribution is -0.118. The second-order valence-corrected chi connectivity index (χ2v) is 6.53. The lowest BCUT2D eigenvalue weighted by Crippen LogP contribution is -2.19. The van der Waals surface area contributed by atoms with Crippen LogP contribution >= 0.6 is 11.6 Å². The van der Waals surface area contributed by atoms with Crippen LogP contribution in [0, 0.1) is 5.92 Å². The van der Waals surface area contributed by atoms with Crippen LogP contribution in [-0.4, -0.2) is 18.8 Å². The molecule has 0 atom stereocenters. The summed E-state index contributed by atoms with van der Waals surface area (Å²) in [4.78, 5) is 25.2. The Labute approximate surface area is 155 Å². The van der Waals surface area contributed by atoms with E-state index in [0.29, 0.717) is 33.0 Å². The van der Waals surface area contributed by atoms with Crippen molar-refractivity contribution in [1.82, 2.24) is 0 Å². The van der Waals surface area contributed by atoms with Gasteiger partial charge in [0.25, 0.3) is 0 Å². The van der Waals surface area contributed by atoms with Gasteiger partial charge in [0.15, 0.2) is 5.76 Å². The third-order valence-electron chi connectivity index (χ3n) is 3.99. The first-order valence-corrected chi connectivity index (χ1v) is 8.50. The van der Waals surface area contributed by atoms with E-state index in [1.807, 2.05) is 6.07 Å². The summed E-state index contributed by atoms with van der Waals surface area (Å²) in [6, 6.07) is 11.9. The quantitative estimate of drug-likeness (QED) is 0.646. The lowest BCUT2D eigenvalue weighted by atomic mass is 10.1. The number of amides is 1. The van der Waals surface area contributed by atoms with Crippen LogP contribution in [0.15, 0.2) is 46.9 Å². The van der Waals surface area contributed by atoms with E-state index in [4.69, 9.17) is 20.8 Å². The highest BCUT2D eigenvalue weighted by atomic mass is 35.5. The molecule has 134 valence electrons. The molecular weight excluding hydrogens is 354 g/mol. The average Bonchev–Trinajstić information content (AvgIpc) is 2.99. The molecule has 5 nitrogen and oxygen atoms in total. The highest BCUT2D eigenvalue weighted by Gasteiger charge is 2.24. The summed E-state index contributed by atoms with van der Waals surface area (Å²) in [6.07, 6.45) is 0. The molecule has 3 aromatic rings. The molecule has 26 heavy (non-hydrogen) atoms. The molecule has 1 N–H and O–H groups in total. The molecule has 1 aromatic heterocycles. The normalized spacial score (nSPS) is 11.0. The maximum Gasteiger partial charge on any atom is 0.230 e. The zero-order valence-electron chi connectivity index (χ0n) is 14.6. The molecule has 1 amide bonds. The van der Waals surface area contributed by atoms with Gasteiger partial charge in [-0.1, -0.05) is 37.6 Å². The number of carbonyl (C=O) groups excluding carboxylic acids is 2. The van der Waals surface area contributed by atoms with E-state index in [-0.39, 0.29) is 23.4 Å². The zero-order chi connectivity index (χ0) is 18.8. The van der Waals surface area contributed by atoms with E-state index in [2.05, 4.69) is 5.32 Å². The first kappa shape index (κ1) is 18.0. The highest BCUT2D eigenvalue weighted by molar-refractivity contribution is 6.32. The molecule has 0 fully saturated rings. The summed E-state index contributed by atoms with van der Waals surface area (Å²) >= 11 is 6.13. The van der Waals surface area contributed by atoms with Gasteiger partial charge >= 0.3 is 0 Å². The molecule has 0 radical (unpaired) electrons. The van der Waals surface area contributed by atoms with Gasteiger partial charge in [-0.25, -0.2) is 0 Å². The molecule has 2 aromatic carbocycles. The number of fused-ring (bicyclic) bond motifs is 1. The summed E-state index contributed by atoms with van der Waals surface area (Å²) in [5, 5.41) is 3.80. The van der Waals surface area contributed by atoms with Gasteiger partial charge < -0.3 is 14.5 Å². The van der Waals surface area contributed by atoms with Gasteiger partial charge in [-0.15, -0.1) is 0 Å². The van der Waals surface area contributed by atoms with Gasteiger partial charge in [-0.3, -0.25) is 9.59 Å². The number of furan rings is 1. The number of hydrogen-bond donors (Lipinski definition) is 1. The first-order valence-electron chi connectivity index (χ1n) is 8.13. The predicted molar refractivity (Wildman–Crippen MR) is 101 cm³/mol. The standard InChI is InChI=1S/C20H18ClNO4/c1-11(2)20(24)22-17-13-6-4-5-7-15(13)26-19(17)18(23)12-8-9-16(25-3)14(21)10-12/h4-11H,1-3H3,(H,22,24). The second kappa shape index (κ2) is 7.22. The Morgan fingerprint density at radius 2 is 1.88 bits per heavy atom. The summed E-state index contributed by atoms with van der Waals surface area (Å²) in [7, 11) is 1.50. The number of methoxy groups -OCH3 is 1. The van der Waals surface area contributed by atoms with Gasteiger partial charge in [-0.05, 0) is 30.3 Å². The minimum Gasteiger partial charge on any atom is -0.495 e. The van der Waals surface area contributed by atoms with E-state index in [0.717, 1.165) is 0 Å². The van der Waals surface area contributed by atoms with E-state index in [1.54, 1.807) is 44.2 Å². The van der Waals surface area contributed by atoms with Crippen molar-refractivity contribution in [3.8, 4) is 5.75 Å². The van der Waals surface area contributed by atoms with Crippen molar-refractivity contribution in [3.63, 3.8) is 0 Å². The number of carbonyl (C=O) groups is 2. The average molecular weight is 372 g/mol. The smallest absolute Gasteiger partial charge is 0.230 e. The number of para-hydroxylation sites is 1. The summed E-state index contributed by atoms with van der Waals surface area (Å²) in [5.74, 6) is -0.257. The first-order chi connectivity index (χ1) is 12.4. The Balaban J connectivity index is 2.10. The van der Waals surface area contributed by atoms with Crippen molar-refractivity contribution in [2.24, 2.45) is 5.92 Å². The molecule has 0 aliphatic heterocycles. The van der Waals surface area contributed by atoms with Gasteiger partial charge in [0.1, 0.15) is 11.3 Å². The lowest BCUT2D eigenvalue weighted by Gasteiger charge is -2.09. The maximum atomic E-state index is 13.0. The molecule has 0 aliphatic rings. The highest BCUT2D eigenvalue weighted by Crippen LogP contribution is 2.34. The van der Waals surface area contributed by atoms with Crippen LogP contribution < -0.4 is 10.1 Å². The van der Waals surface area contributed by atoms with Crippen molar-refractivity contribution in [2.75, 3.05) is 12.4 Å². The summed E-state index contributed by atoms with van der Waals surface area (Å²) in [5.41, 5.74) is 1.24. The van der Waals surface area contributed by atoms with Crippen LogP contribution in [0.25, 0.3) is 11.0 Å². The molecular formula is C20H18ClNO4. The molecule has 0 saturated carbocycles. The van der Waals surface area contributed by atoms with Crippen LogP contribution in [-0.2, 0) is 4.79 Å². The van der Waals surface area contributed by atoms with E-state index in [9.17, 15) is 9.59 Å². The second-order valence-electron chi connectivity index (χ2n) is 6.12. The molecule has 0 saturated heterocycles. The molecule has 1 heterocycles. The van der Waals surface area contributed by atoms with Crippen molar-refractivity contribution in [2.45, 2.75) is 13.8 Å². The van der Waals surface area contributed by atoms with Crippen LogP contribution in [0.5, 0.6) is 5.75 Å². The Kier molecular flexibility index (Phi) is 5.00. The maximum absolute atomic E-state index is 13.0. The number of nitrogens with one attached hydrogen (secondary N) is 1. The fourth-order valence-electron chi connectivity index (χ4n) is 2.54. The Bertz CT molecular complexity index is 991. The minimum absolute atomic E-state index is 0.0708. The van der Waals surface area contributed by atoms with Crippen LogP contribution in [0.4, 0.5) is 5.69 Å². The van der Waals surface area contributed by atoms with Crippen LogP contribution in [0.2, 0.25) is 5.02 Å². The largest absolute Gasteiger partial charge is 0.495 e. The van der Waals surface area contributed by atoms with Crippen molar-refractivity contribution in [3.05, 3.63) is 58.8 Å². The van der Waals surface area contributed by atoms with Crippen LogP contribution in [0.1, 0.15) is 30.0 Å². The number of anilines is 1. The number of hydrogen-bond acceptors (Lipinski definition) is 4. The third kappa shape index (κ3) is 3.30. The molecule has 3 rings (SSSR count). The molecule has 0 unspecified atom stereocenters. The van der Waals surface area contributed by atoms with Crippen molar-refractivity contribution < 1.29 is 18.7 Å². The minimum atomic E-state index is -0.371.